The van der Waals surface area contributed by atoms with Crippen molar-refractivity contribution in [1.82, 2.24) is 4.72 Å². The predicted molar refractivity (Wildman–Crippen MR) is 93.7 cm³/mol. The number of amides is 1. The smallest absolute Gasteiger partial charge is 0.239 e. The van der Waals surface area contributed by atoms with Gasteiger partial charge >= 0.3 is 0 Å². The van der Waals surface area contributed by atoms with Crippen molar-refractivity contribution in [3.63, 3.8) is 0 Å². The molecule has 0 unspecified atom stereocenters. The van der Waals surface area contributed by atoms with Gasteiger partial charge in [0.1, 0.15) is 5.75 Å². The highest BCUT2D eigenvalue weighted by atomic mass is 35.5. The van der Waals surface area contributed by atoms with Crippen LogP contribution in [0.3, 0.4) is 0 Å². The molecule has 0 aliphatic rings. The second-order valence-corrected chi connectivity index (χ2v) is 7.23. The summed E-state index contributed by atoms with van der Waals surface area (Å²) in [4.78, 5) is 11.8. The Kier molecular flexibility index (Phi) is 6.19. The van der Waals surface area contributed by atoms with E-state index in [-0.39, 0.29) is 12.3 Å². The van der Waals surface area contributed by atoms with Gasteiger partial charge in [-0.25, -0.2) is 13.1 Å². The number of hydrogen-bond acceptors (Lipinski definition) is 4. The van der Waals surface area contributed by atoms with Gasteiger partial charge in [0.2, 0.25) is 15.9 Å². The lowest BCUT2D eigenvalue weighted by atomic mass is 10.2. The van der Waals surface area contributed by atoms with E-state index < -0.39 is 15.9 Å². The SMILES string of the molecule is COc1ccc(NC(=O)CNS(=O)(=O)Cc2cccc(Cl)c2)cc1. The van der Waals surface area contributed by atoms with Gasteiger partial charge in [0.15, 0.2) is 0 Å². The number of benzene rings is 2. The summed E-state index contributed by atoms with van der Waals surface area (Å²) in [6.45, 7) is -0.352. The molecular formula is C16H17ClN2O4S. The summed E-state index contributed by atoms with van der Waals surface area (Å²) in [5.74, 6) is -0.0475. The van der Waals surface area contributed by atoms with Crippen LogP contribution in [0.2, 0.25) is 5.02 Å². The maximum absolute atomic E-state index is 12.0. The number of carbonyl (C=O) groups excluding carboxylic acids is 1. The summed E-state index contributed by atoms with van der Waals surface area (Å²) >= 11 is 5.82. The van der Waals surface area contributed by atoms with E-state index in [9.17, 15) is 13.2 Å². The topological polar surface area (TPSA) is 84.5 Å². The molecule has 0 bridgehead atoms. The average molecular weight is 369 g/mol. The van der Waals surface area contributed by atoms with Crippen molar-refractivity contribution in [1.29, 1.82) is 0 Å². The Balaban J connectivity index is 1.87. The zero-order valence-corrected chi connectivity index (χ0v) is 14.5. The number of ether oxygens (including phenoxy) is 1. The predicted octanol–water partition coefficient (Wildman–Crippen LogP) is 2.41. The molecule has 0 aliphatic carbocycles. The van der Waals surface area contributed by atoms with Crippen LogP contribution in [0.1, 0.15) is 5.56 Å². The Hall–Kier alpha value is -2.09. The highest BCUT2D eigenvalue weighted by Crippen LogP contribution is 2.15. The lowest BCUT2D eigenvalue weighted by Crippen LogP contribution is -2.33. The first kappa shape index (κ1) is 18.3. The van der Waals surface area contributed by atoms with E-state index in [1.165, 1.54) is 0 Å². The maximum Gasteiger partial charge on any atom is 0.239 e. The summed E-state index contributed by atoms with van der Waals surface area (Å²) in [5.41, 5.74) is 1.10. The standard InChI is InChI=1S/C16H17ClN2O4S/c1-23-15-7-5-14(6-8-15)19-16(20)10-18-24(21,22)11-12-3-2-4-13(17)9-12/h2-9,18H,10-11H2,1H3,(H,19,20). The fourth-order valence-electron chi connectivity index (χ4n) is 1.95. The second kappa shape index (κ2) is 8.14. The van der Waals surface area contributed by atoms with Crippen molar-refractivity contribution in [3.8, 4) is 5.75 Å². The minimum atomic E-state index is -3.64. The molecule has 2 rings (SSSR count). The highest BCUT2D eigenvalue weighted by molar-refractivity contribution is 7.88. The molecule has 2 N–H and O–H groups in total. The molecule has 1 amide bonds. The van der Waals surface area contributed by atoms with Crippen LogP contribution in [0.25, 0.3) is 0 Å². The molecule has 0 saturated carbocycles. The number of sulfonamides is 1. The van der Waals surface area contributed by atoms with Crippen molar-refractivity contribution < 1.29 is 17.9 Å². The number of nitrogens with one attached hydrogen (secondary N) is 2. The van der Waals surface area contributed by atoms with E-state index in [4.69, 9.17) is 16.3 Å². The lowest BCUT2D eigenvalue weighted by Gasteiger charge is -2.08. The molecule has 128 valence electrons. The molecule has 2 aromatic rings. The van der Waals surface area contributed by atoms with E-state index in [0.29, 0.717) is 22.0 Å². The number of carbonyl (C=O) groups is 1. The molecule has 0 saturated heterocycles. The van der Waals surface area contributed by atoms with Gasteiger partial charge in [0.05, 0.1) is 19.4 Å². The molecule has 0 fully saturated rings. The summed E-state index contributed by atoms with van der Waals surface area (Å²) in [5, 5.41) is 3.05. The summed E-state index contributed by atoms with van der Waals surface area (Å²) < 4.78 is 31.3. The molecule has 0 aromatic heterocycles. The largest absolute Gasteiger partial charge is 0.497 e. The number of halogens is 1. The Bertz CT molecular complexity index is 807. The second-order valence-electron chi connectivity index (χ2n) is 4.99. The molecule has 0 spiro atoms. The van der Waals surface area contributed by atoms with Gasteiger partial charge in [-0.1, -0.05) is 23.7 Å². The minimum absolute atomic E-state index is 0.247. The molecular weight excluding hydrogens is 352 g/mol. The lowest BCUT2D eigenvalue weighted by molar-refractivity contribution is -0.115. The summed E-state index contributed by atoms with van der Waals surface area (Å²) in [6, 6.07) is 13.3. The van der Waals surface area contributed by atoms with Crippen molar-refractivity contribution in [2.24, 2.45) is 0 Å². The van der Waals surface area contributed by atoms with E-state index in [0.717, 1.165) is 0 Å². The van der Waals surface area contributed by atoms with Crippen LogP contribution in [0.15, 0.2) is 48.5 Å². The number of methoxy groups -OCH3 is 1. The van der Waals surface area contributed by atoms with Gasteiger partial charge in [-0.15, -0.1) is 0 Å². The third kappa shape index (κ3) is 5.84. The first-order valence-corrected chi connectivity index (χ1v) is 9.07. The van der Waals surface area contributed by atoms with Crippen LogP contribution < -0.4 is 14.8 Å². The van der Waals surface area contributed by atoms with Crippen molar-refractivity contribution in [2.45, 2.75) is 5.75 Å². The Morgan fingerprint density at radius 2 is 1.88 bits per heavy atom. The van der Waals surface area contributed by atoms with Crippen molar-refractivity contribution in [3.05, 3.63) is 59.1 Å². The Morgan fingerprint density at radius 1 is 1.17 bits per heavy atom. The van der Waals surface area contributed by atoms with Crippen molar-refractivity contribution >= 4 is 33.2 Å². The fraction of sp³-hybridized carbons (Fsp3) is 0.188. The third-order valence-electron chi connectivity index (χ3n) is 3.07. The number of hydrogen-bond donors (Lipinski definition) is 2. The van der Waals surface area contributed by atoms with Crippen LogP contribution in [0, 0.1) is 0 Å². The van der Waals surface area contributed by atoms with Crippen LogP contribution in [-0.4, -0.2) is 28.0 Å². The van der Waals surface area contributed by atoms with Crippen LogP contribution in [-0.2, 0) is 20.6 Å². The average Bonchev–Trinajstić information content (AvgIpc) is 2.53. The van der Waals surface area contributed by atoms with Crippen molar-refractivity contribution in [2.75, 3.05) is 19.0 Å². The van der Waals surface area contributed by atoms with Crippen LogP contribution in [0.4, 0.5) is 5.69 Å². The van der Waals surface area contributed by atoms with E-state index >= 15 is 0 Å². The molecule has 0 heterocycles. The molecule has 24 heavy (non-hydrogen) atoms. The molecule has 6 nitrogen and oxygen atoms in total. The van der Waals surface area contributed by atoms with Crippen LogP contribution in [0.5, 0.6) is 5.75 Å². The normalized spacial score (nSPS) is 11.1. The van der Waals surface area contributed by atoms with Gasteiger partial charge in [-0.3, -0.25) is 4.79 Å². The van der Waals surface area contributed by atoms with E-state index in [2.05, 4.69) is 10.0 Å². The fourth-order valence-corrected chi connectivity index (χ4v) is 3.24. The Labute approximate surface area is 145 Å². The molecule has 0 radical (unpaired) electrons. The van der Waals surface area contributed by atoms with Gasteiger partial charge in [0.25, 0.3) is 0 Å². The maximum atomic E-state index is 12.0. The van der Waals surface area contributed by atoms with Gasteiger partial charge in [0, 0.05) is 10.7 Å². The summed E-state index contributed by atoms with van der Waals surface area (Å²) in [6.07, 6.45) is 0. The Morgan fingerprint density at radius 3 is 2.50 bits per heavy atom. The van der Waals surface area contributed by atoms with E-state index in [1.54, 1.807) is 55.6 Å². The van der Waals surface area contributed by atoms with E-state index in [1.807, 2.05) is 0 Å². The van der Waals surface area contributed by atoms with Crippen LogP contribution >= 0.6 is 11.6 Å². The molecule has 2 aromatic carbocycles. The first-order valence-electron chi connectivity index (χ1n) is 7.04. The monoisotopic (exact) mass is 368 g/mol. The quantitative estimate of drug-likeness (QED) is 0.786. The molecule has 8 heteroatoms. The number of anilines is 1. The van der Waals surface area contributed by atoms with Gasteiger partial charge in [-0.05, 0) is 42.0 Å². The van der Waals surface area contributed by atoms with Gasteiger partial charge < -0.3 is 10.1 Å². The zero-order valence-electron chi connectivity index (χ0n) is 13.0. The molecule has 0 atom stereocenters. The van der Waals surface area contributed by atoms with Gasteiger partial charge in [-0.2, -0.15) is 0 Å². The number of rotatable bonds is 7. The zero-order chi connectivity index (χ0) is 17.6. The first-order chi connectivity index (χ1) is 11.4. The summed E-state index contributed by atoms with van der Waals surface area (Å²) in [7, 11) is -2.09. The third-order valence-corrected chi connectivity index (χ3v) is 4.60. The minimum Gasteiger partial charge on any atom is -0.497 e. The molecule has 0 aliphatic heterocycles. The highest BCUT2D eigenvalue weighted by Gasteiger charge is 2.14.